The Morgan fingerprint density at radius 1 is 1.28 bits per heavy atom. The van der Waals surface area contributed by atoms with Crippen molar-refractivity contribution < 1.29 is 14.5 Å². The molecule has 0 aromatic heterocycles. The molecule has 2 aromatic carbocycles. The third-order valence-corrected chi connectivity index (χ3v) is 4.40. The molecule has 0 fully saturated rings. The first-order valence-electron chi connectivity index (χ1n) is 6.81. The van der Waals surface area contributed by atoms with E-state index < -0.39 is 10.7 Å². The molecule has 0 atom stereocenters. The maximum atomic E-state index is 12.5. The fourth-order valence-electron chi connectivity index (χ4n) is 2.09. The Morgan fingerprint density at radius 2 is 1.92 bits per heavy atom. The highest BCUT2D eigenvalue weighted by atomic mass is 79.9. The van der Waals surface area contributed by atoms with Crippen molar-refractivity contribution in [1.29, 1.82) is 5.26 Å². The van der Waals surface area contributed by atoms with Gasteiger partial charge in [0, 0.05) is 17.7 Å². The zero-order valence-corrected chi connectivity index (χ0v) is 16.0. The first kappa shape index (κ1) is 18.8. The summed E-state index contributed by atoms with van der Waals surface area (Å²) in [5, 5.41) is 20.1. The quantitative estimate of drug-likeness (QED) is 0.205. The normalized spacial score (nSPS) is 10.9. The predicted octanol–water partition coefficient (Wildman–Crippen LogP) is 4.92. The average Bonchev–Trinajstić information content (AvgIpc) is 2.59. The van der Waals surface area contributed by atoms with Gasteiger partial charge in [-0.05, 0) is 55.6 Å². The van der Waals surface area contributed by atoms with Gasteiger partial charge in [0.05, 0.1) is 21.0 Å². The lowest BCUT2D eigenvalue weighted by atomic mass is 10.0. The number of halogens is 2. The summed E-state index contributed by atoms with van der Waals surface area (Å²) in [7, 11) is 1.52. The van der Waals surface area contributed by atoms with Crippen LogP contribution < -0.4 is 4.74 Å². The van der Waals surface area contributed by atoms with E-state index in [2.05, 4.69) is 31.9 Å². The van der Waals surface area contributed by atoms with E-state index in [0.717, 1.165) is 6.07 Å². The van der Waals surface area contributed by atoms with Gasteiger partial charge >= 0.3 is 0 Å². The molecule has 0 aliphatic rings. The van der Waals surface area contributed by atoms with Crippen LogP contribution in [0.15, 0.2) is 50.9 Å². The van der Waals surface area contributed by atoms with Crippen LogP contribution in [-0.4, -0.2) is 17.8 Å². The van der Waals surface area contributed by atoms with Gasteiger partial charge in [-0.3, -0.25) is 14.9 Å². The maximum Gasteiger partial charge on any atom is 0.270 e. The van der Waals surface area contributed by atoms with Gasteiger partial charge in [0.15, 0.2) is 0 Å². The Hall–Kier alpha value is -2.50. The van der Waals surface area contributed by atoms with Crippen LogP contribution in [0.25, 0.3) is 6.08 Å². The number of nitro groups is 1. The molecule has 0 N–H and O–H groups in total. The number of carbonyl (C=O) groups excluding carboxylic acids is 1. The molecule has 0 bridgehead atoms. The van der Waals surface area contributed by atoms with Crippen LogP contribution in [0.1, 0.15) is 15.9 Å². The highest BCUT2D eigenvalue weighted by Crippen LogP contribution is 2.35. The summed E-state index contributed by atoms with van der Waals surface area (Å²) in [6, 6.07) is 10.5. The Morgan fingerprint density at radius 3 is 2.44 bits per heavy atom. The van der Waals surface area contributed by atoms with Gasteiger partial charge < -0.3 is 4.74 Å². The van der Waals surface area contributed by atoms with Gasteiger partial charge in [-0.15, -0.1) is 0 Å². The largest absolute Gasteiger partial charge is 0.494 e. The number of ketones is 1. The Kier molecular flexibility index (Phi) is 6.07. The van der Waals surface area contributed by atoms with Crippen molar-refractivity contribution in [3.63, 3.8) is 0 Å². The van der Waals surface area contributed by atoms with Crippen molar-refractivity contribution in [3.8, 4) is 11.8 Å². The summed E-state index contributed by atoms with van der Waals surface area (Å²) in [6.45, 7) is 0. The molecule has 6 nitrogen and oxygen atoms in total. The van der Waals surface area contributed by atoms with Crippen LogP contribution in [0.4, 0.5) is 5.69 Å². The summed E-state index contributed by atoms with van der Waals surface area (Å²) in [6.07, 6.45) is 1.41. The van der Waals surface area contributed by atoms with Crippen LogP contribution in [0.5, 0.6) is 5.75 Å². The number of rotatable bonds is 5. The van der Waals surface area contributed by atoms with Crippen molar-refractivity contribution in [2.24, 2.45) is 0 Å². The molecular weight excluding hydrogens is 456 g/mol. The van der Waals surface area contributed by atoms with E-state index in [0.29, 0.717) is 20.3 Å². The van der Waals surface area contributed by atoms with Crippen molar-refractivity contribution >= 4 is 49.4 Å². The molecule has 0 spiro atoms. The molecule has 0 saturated heterocycles. The lowest BCUT2D eigenvalue weighted by Crippen LogP contribution is -2.03. The third kappa shape index (κ3) is 4.32. The monoisotopic (exact) mass is 464 g/mol. The van der Waals surface area contributed by atoms with E-state index in [1.807, 2.05) is 6.07 Å². The molecule has 0 amide bonds. The van der Waals surface area contributed by atoms with E-state index in [-0.39, 0.29) is 16.8 Å². The summed E-state index contributed by atoms with van der Waals surface area (Å²) in [5.41, 5.74) is 0.325. The van der Waals surface area contributed by atoms with E-state index in [1.165, 1.54) is 31.4 Å². The zero-order chi connectivity index (χ0) is 18.6. The van der Waals surface area contributed by atoms with Crippen molar-refractivity contribution in [2.45, 2.75) is 0 Å². The van der Waals surface area contributed by atoms with Gasteiger partial charge in [0.25, 0.3) is 5.69 Å². The number of nitriles is 1. The number of nitrogens with zero attached hydrogens (tertiary/aromatic N) is 2. The number of hydrogen-bond donors (Lipinski definition) is 0. The van der Waals surface area contributed by atoms with Crippen LogP contribution in [0.2, 0.25) is 0 Å². The molecule has 0 unspecified atom stereocenters. The Labute approximate surface area is 160 Å². The smallest absolute Gasteiger partial charge is 0.270 e. The zero-order valence-electron chi connectivity index (χ0n) is 12.8. The van der Waals surface area contributed by atoms with Crippen LogP contribution in [0, 0.1) is 21.4 Å². The highest BCUT2D eigenvalue weighted by molar-refractivity contribution is 9.11. The van der Waals surface area contributed by atoms with E-state index in [1.54, 1.807) is 12.1 Å². The van der Waals surface area contributed by atoms with Crippen molar-refractivity contribution in [1.82, 2.24) is 0 Å². The Bertz CT molecular complexity index is 909. The molecule has 2 rings (SSSR count). The Balaban J connectivity index is 2.44. The molecule has 0 radical (unpaired) electrons. The first-order chi connectivity index (χ1) is 11.9. The SMILES string of the molecule is COc1c(Br)cc(/C=C(\C#N)C(=O)c2cccc([N+](=O)[O-])c2)cc1Br. The van der Waals surface area contributed by atoms with Crippen LogP contribution in [0.3, 0.4) is 0 Å². The summed E-state index contributed by atoms with van der Waals surface area (Å²) in [5.74, 6) is -0.00469. The van der Waals surface area contributed by atoms with E-state index >= 15 is 0 Å². The van der Waals surface area contributed by atoms with Gasteiger partial charge in [0.1, 0.15) is 17.4 Å². The van der Waals surface area contributed by atoms with Gasteiger partial charge in [-0.25, -0.2) is 0 Å². The number of non-ortho nitro benzene ring substituents is 1. The number of nitro benzene ring substituents is 1. The second kappa shape index (κ2) is 8.05. The second-order valence-corrected chi connectivity index (χ2v) is 6.53. The number of hydrogen-bond acceptors (Lipinski definition) is 5. The lowest BCUT2D eigenvalue weighted by molar-refractivity contribution is -0.384. The molecule has 0 heterocycles. The average molecular weight is 466 g/mol. The number of allylic oxidation sites excluding steroid dienone is 1. The minimum Gasteiger partial charge on any atom is -0.494 e. The van der Waals surface area contributed by atoms with Gasteiger partial charge in [-0.1, -0.05) is 12.1 Å². The van der Waals surface area contributed by atoms with Crippen molar-refractivity contribution in [2.75, 3.05) is 7.11 Å². The first-order valence-corrected chi connectivity index (χ1v) is 8.40. The third-order valence-electron chi connectivity index (χ3n) is 3.22. The number of ether oxygens (including phenoxy) is 1. The fourth-order valence-corrected chi connectivity index (χ4v) is 3.63. The van der Waals surface area contributed by atoms with E-state index in [4.69, 9.17) is 4.74 Å². The minimum absolute atomic E-state index is 0.0774. The molecular formula is C17H10Br2N2O4. The molecule has 0 aliphatic carbocycles. The van der Waals surface area contributed by atoms with Crippen LogP contribution >= 0.6 is 31.9 Å². The molecule has 2 aromatic rings. The molecule has 8 heteroatoms. The van der Waals surface area contributed by atoms with E-state index in [9.17, 15) is 20.2 Å². The summed E-state index contributed by atoms with van der Waals surface area (Å²) >= 11 is 6.70. The topological polar surface area (TPSA) is 93.2 Å². The maximum absolute atomic E-state index is 12.5. The second-order valence-electron chi connectivity index (χ2n) is 4.82. The van der Waals surface area contributed by atoms with Crippen LogP contribution in [-0.2, 0) is 0 Å². The van der Waals surface area contributed by atoms with Gasteiger partial charge in [0.2, 0.25) is 5.78 Å². The summed E-state index contributed by atoms with van der Waals surface area (Å²) in [4.78, 5) is 22.7. The minimum atomic E-state index is -0.593. The van der Waals surface area contributed by atoms with Crippen molar-refractivity contribution in [3.05, 3.63) is 72.2 Å². The number of benzene rings is 2. The molecule has 25 heavy (non-hydrogen) atoms. The molecule has 126 valence electrons. The predicted molar refractivity (Wildman–Crippen MR) is 99.4 cm³/mol. The standard InChI is InChI=1S/C17H10Br2N2O4/c1-25-17-14(18)6-10(7-15(17)19)5-12(9-20)16(22)11-3-2-4-13(8-11)21(23)24/h2-8H,1H3/b12-5+. The molecule has 0 saturated carbocycles. The number of methoxy groups -OCH3 is 1. The fraction of sp³-hybridized carbons (Fsp3) is 0.0588. The van der Waals surface area contributed by atoms with Gasteiger partial charge in [-0.2, -0.15) is 5.26 Å². The number of Topliss-reactive ketones (excluding diaryl/α,β-unsaturated/α-hetero) is 1. The highest BCUT2D eigenvalue weighted by Gasteiger charge is 2.16. The molecule has 0 aliphatic heterocycles. The summed E-state index contributed by atoms with van der Waals surface area (Å²) < 4.78 is 6.50. The lowest BCUT2D eigenvalue weighted by Gasteiger charge is -2.07. The number of carbonyl (C=O) groups is 1.